The van der Waals surface area contributed by atoms with Crippen molar-refractivity contribution in [3.63, 3.8) is 0 Å². The lowest BCUT2D eigenvalue weighted by molar-refractivity contribution is 0.436. The first-order valence-corrected chi connectivity index (χ1v) is 6.19. The van der Waals surface area contributed by atoms with Crippen LogP contribution < -0.4 is 11.2 Å². The molecule has 0 unspecified atom stereocenters. The molecule has 2 aromatic rings. The number of hydrogen-bond acceptors (Lipinski definition) is 4. The van der Waals surface area contributed by atoms with Gasteiger partial charge in [0.05, 0.1) is 10.6 Å². The molecule has 94 valence electrons. The van der Waals surface area contributed by atoms with Crippen molar-refractivity contribution in [2.45, 2.75) is 4.90 Å². The van der Waals surface area contributed by atoms with Crippen LogP contribution in [0.15, 0.2) is 53.4 Å². The van der Waals surface area contributed by atoms with Gasteiger partial charge in [-0.1, -0.05) is 0 Å². The third-order valence-electron chi connectivity index (χ3n) is 2.15. The summed E-state index contributed by atoms with van der Waals surface area (Å²) < 4.78 is 29.3. The monoisotopic (exact) mass is 266 g/mol. The van der Waals surface area contributed by atoms with Crippen LogP contribution in [0.4, 0.5) is 15.8 Å². The van der Waals surface area contributed by atoms with E-state index in [9.17, 15) is 8.60 Å². The quantitative estimate of drug-likeness (QED) is 0.659. The van der Waals surface area contributed by atoms with Crippen LogP contribution in [0.25, 0.3) is 0 Å². The zero-order valence-corrected chi connectivity index (χ0v) is 10.1. The van der Waals surface area contributed by atoms with Gasteiger partial charge in [0, 0.05) is 5.69 Å². The number of hydrogen-bond donors (Lipinski definition) is 2. The molecule has 0 bridgehead atoms. The van der Waals surface area contributed by atoms with Crippen LogP contribution in [0, 0.1) is 5.82 Å². The van der Waals surface area contributed by atoms with E-state index >= 15 is 0 Å². The normalized spacial score (nSPS) is 12.1. The van der Waals surface area contributed by atoms with Gasteiger partial charge in [-0.05, 0) is 48.5 Å². The molecule has 0 saturated carbocycles. The number of nitrogens with one attached hydrogen (secondary N) is 1. The van der Waals surface area contributed by atoms with Crippen molar-refractivity contribution in [2.75, 3.05) is 11.2 Å². The average molecular weight is 266 g/mol. The molecule has 1 atom stereocenters. The van der Waals surface area contributed by atoms with Crippen LogP contribution >= 0.6 is 0 Å². The van der Waals surface area contributed by atoms with E-state index in [1.165, 1.54) is 24.3 Å². The summed E-state index contributed by atoms with van der Waals surface area (Å²) in [5.74, 6) is -0.347. The molecule has 0 radical (unpaired) electrons. The summed E-state index contributed by atoms with van der Waals surface area (Å²) in [5, 5.41) is 0. The molecule has 0 aliphatic carbocycles. The Labute approximate surface area is 106 Å². The van der Waals surface area contributed by atoms with Gasteiger partial charge in [0.2, 0.25) is 11.1 Å². The Balaban J connectivity index is 1.96. The van der Waals surface area contributed by atoms with Crippen LogP contribution in [-0.2, 0) is 15.4 Å². The van der Waals surface area contributed by atoms with E-state index in [4.69, 9.17) is 10.0 Å². The Morgan fingerprint density at radius 1 is 1.06 bits per heavy atom. The molecule has 0 heterocycles. The Morgan fingerprint density at radius 2 is 1.67 bits per heavy atom. The first kappa shape index (κ1) is 12.5. The summed E-state index contributed by atoms with van der Waals surface area (Å²) >= 11 is -1.66. The van der Waals surface area contributed by atoms with Crippen molar-refractivity contribution < 1.29 is 12.9 Å². The maximum Gasteiger partial charge on any atom is 0.212 e. The van der Waals surface area contributed by atoms with Gasteiger partial charge in [-0.3, -0.25) is 5.48 Å². The molecule has 18 heavy (non-hydrogen) atoms. The molecule has 0 aromatic heterocycles. The molecule has 0 saturated heterocycles. The first-order valence-electron chi connectivity index (χ1n) is 5.11. The summed E-state index contributed by atoms with van der Waals surface area (Å²) in [6.07, 6.45) is 0. The minimum absolute atomic E-state index is 0.347. The third kappa shape index (κ3) is 3.28. The number of anilines is 2. The predicted octanol–water partition coefficient (Wildman–Crippen LogP) is 2.47. The Bertz CT molecular complexity index is 543. The maximum atomic E-state index is 12.6. The molecule has 0 amide bonds. The molecule has 0 fully saturated rings. The van der Waals surface area contributed by atoms with Gasteiger partial charge in [0.25, 0.3) is 0 Å². The van der Waals surface area contributed by atoms with Gasteiger partial charge in [-0.25, -0.2) is 8.60 Å². The van der Waals surface area contributed by atoms with E-state index in [-0.39, 0.29) is 5.82 Å². The fraction of sp³-hybridized carbons (Fsp3) is 0. The molecule has 0 spiro atoms. The Kier molecular flexibility index (Phi) is 3.91. The van der Waals surface area contributed by atoms with Gasteiger partial charge >= 0.3 is 0 Å². The van der Waals surface area contributed by atoms with Crippen molar-refractivity contribution in [2.24, 2.45) is 0 Å². The van der Waals surface area contributed by atoms with Crippen molar-refractivity contribution >= 4 is 22.5 Å². The van der Waals surface area contributed by atoms with Crippen molar-refractivity contribution in [3.8, 4) is 0 Å². The van der Waals surface area contributed by atoms with Crippen molar-refractivity contribution in [1.82, 2.24) is 0 Å². The Hall–Kier alpha value is -1.92. The summed E-state index contributed by atoms with van der Waals surface area (Å²) in [6.45, 7) is 0. The van der Waals surface area contributed by atoms with Crippen LogP contribution in [0.1, 0.15) is 0 Å². The number of nitrogens with two attached hydrogens (primary N) is 1. The molecule has 2 rings (SSSR count). The van der Waals surface area contributed by atoms with E-state index in [0.717, 1.165) is 0 Å². The van der Waals surface area contributed by atoms with E-state index in [1.54, 1.807) is 24.3 Å². The second-order valence-corrected chi connectivity index (χ2v) is 4.60. The lowest BCUT2D eigenvalue weighted by atomic mass is 10.3. The number of benzene rings is 2. The highest BCUT2D eigenvalue weighted by atomic mass is 32.2. The van der Waals surface area contributed by atoms with Gasteiger partial charge in [-0.15, -0.1) is 0 Å². The van der Waals surface area contributed by atoms with Gasteiger partial charge in [0.15, 0.2) is 0 Å². The average Bonchev–Trinajstić information content (AvgIpc) is 2.38. The predicted molar refractivity (Wildman–Crippen MR) is 68.4 cm³/mol. The second kappa shape index (κ2) is 5.61. The molecule has 0 aliphatic rings. The van der Waals surface area contributed by atoms with Gasteiger partial charge in [-0.2, -0.15) is 4.28 Å². The van der Waals surface area contributed by atoms with Gasteiger partial charge < -0.3 is 5.73 Å². The fourth-order valence-electron chi connectivity index (χ4n) is 1.23. The van der Waals surface area contributed by atoms with E-state index < -0.39 is 11.1 Å². The molecule has 0 aliphatic heterocycles. The molecular weight excluding hydrogens is 255 g/mol. The van der Waals surface area contributed by atoms with E-state index in [1.807, 2.05) is 0 Å². The Morgan fingerprint density at radius 3 is 2.28 bits per heavy atom. The fourth-order valence-corrected chi connectivity index (χ4v) is 1.86. The number of rotatable bonds is 4. The smallest absolute Gasteiger partial charge is 0.212 e. The van der Waals surface area contributed by atoms with Crippen LogP contribution in [-0.4, -0.2) is 4.21 Å². The summed E-state index contributed by atoms with van der Waals surface area (Å²) in [5.41, 5.74) is 9.10. The first-order chi connectivity index (χ1) is 8.65. The highest BCUT2D eigenvalue weighted by Crippen LogP contribution is 2.13. The lowest BCUT2D eigenvalue weighted by Crippen LogP contribution is -2.05. The largest absolute Gasteiger partial charge is 0.399 e. The topological polar surface area (TPSA) is 64.4 Å². The van der Waals surface area contributed by atoms with Crippen molar-refractivity contribution in [3.05, 3.63) is 54.3 Å². The molecule has 6 heteroatoms. The van der Waals surface area contributed by atoms with Gasteiger partial charge in [0.1, 0.15) is 5.82 Å². The highest BCUT2D eigenvalue weighted by Gasteiger charge is 2.04. The molecule has 3 N–H and O–H groups in total. The number of nitrogen functional groups attached to an aromatic ring is 1. The minimum Gasteiger partial charge on any atom is -0.399 e. The number of halogens is 1. The zero-order valence-electron chi connectivity index (χ0n) is 9.30. The molecule has 2 aromatic carbocycles. The summed E-state index contributed by atoms with van der Waals surface area (Å²) in [4.78, 5) is 0.485. The highest BCUT2D eigenvalue weighted by molar-refractivity contribution is 7.80. The SMILES string of the molecule is Nc1ccc([S@@](=O)ONc2ccc(F)cc2)cc1. The zero-order chi connectivity index (χ0) is 13.0. The summed E-state index contributed by atoms with van der Waals surface area (Å²) in [7, 11) is 0. The minimum atomic E-state index is -1.66. The van der Waals surface area contributed by atoms with Crippen molar-refractivity contribution in [1.29, 1.82) is 0 Å². The molecule has 4 nitrogen and oxygen atoms in total. The second-order valence-electron chi connectivity index (χ2n) is 3.50. The van der Waals surface area contributed by atoms with Crippen LogP contribution in [0.5, 0.6) is 0 Å². The summed E-state index contributed by atoms with van der Waals surface area (Å²) in [6, 6.07) is 12.0. The maximum absolute atomic E-state index is 12.6. The standard InChI is InChI=1S/C12H11FN2O2S/c13-9-1-5-11(6-2-9)15-17-18(16)12-7-3-10(14)4-8-12/h1-8,15H,14H2/t18-/m0/s1. The lowest BCUT2D eigenvalue weighted by Gasteiger charge is -2.05. The van der Waals surface area contributed by atoms with Crippen LogP contribution in [0.3, 0.4) is 0 Å². The third-order valence-corrected chi connectivity index (χ3v) is 3.04. The van der Waals surface area contributed by atoms with E-state index in [0.29, 0.717) is 16.3 Å². The van der Waals surface area contributed by atoms with Crippen LogP contribution in [0.2, 0.25) is 0 Å². The molecular formula is C12H11FN2O2S. The van der Waals surface area contributed by atoms with E-state index in [2.05, 4.69) is 5.48 Å².